The van der Waals surface area contributed by atoms with Crippen LogP contribution in [0, 0.1) is 28.6 Å². The highest BCUT2D eigenvalue weighted by Crippen LogP contribution is 2.67. The maximum atomic E-state index is 13.3. The van der Waals surface area contributed by atoms with Crippen LogP contribution in [0.25, 0.3) is 6.08 Å². The van der Waals surface area contributed by atoms with Crippen molar-refractivity contribution in [3.63, 3.8) is 0 Å². The number of carbonyl (C=O) groups excluding carboxylic acids is 1. The number of aromatic nitrogens is 3. The molecule has 3 unspecified atom stereocenters. The Balaban J connectivity index is 1.38. The quantitative estimate of drug-likeness (QED) is 0.731. The van der Waals surface area contributed by atoms with Crippen LogP contribution in [0.5, 0.6) is 0 Å². The Kier molecular flexibility index (Phi) is 3.87. The molecule has 7 nitrogen and oxygen atoms in total. The van der Waals surface area contributed by atoms with Crippen LogP contribution in [-0.4, -0.2) is 42.5 Å². The number of aliphatic hydroxyl groups excluding tert-OH is 1. The zero-order valence-electron chi connectivity index (χ0n) is 18.0. The topological polar surface area (TPSA) is 101 Å². The van der Waals surface area contributed by atoms with Crippen LogP contribution >= 0.6 is 0 Å². The Labute approximate surface area is 181 Å². The Morgan fingerprint density at radius 3 is 2.94 bits per heavy atom. The fourth-order valence-corrected chi connectivity index (χ4v) is 7.97. The second-order valence-corrected chi connectivity index (χ2v) is 10.7. The molecule has 6 rings (SSSR count). The molecule has 2 aromatic rings. The van der Waals surface area contributed by atoms with E-state index in [4.69, 9.17) is 4.52 Å². The molecule has 0 amide bonds. The summed E-state index contributed by atoms with van der Waals surface area (Å²) in [6.45, 7) is 4.29. The van der Waals surface area contributed by atoms with Crippen molar-refractivity contribution in [3.05, 3.63) is 41.8 Å². The van der Waals surface area contributed by atoms with E-state index in [0.29, 0.717) is 12.8 Å². The van der Waals surface area contributed by atoms with E-state index >= 15 is 0 Å². The van der Waals surface area contributed by atoms with E-state index in [2.05, 4.69) is 23.1 Å². The number of imidazole rings is 1. The zero-order valence-corrected chi connectivity index (χ0v) is 18.0. The molecule has 31 heavy (non-hydrogen) atoms. The third-order valence-corrected chi connectivity index (χ3v) is 9.45. The summed E-state index contributed by atoms with van der Waals surface area (Å²) in [6, 6.07) is 0. The van der Waals surface area contributed by atoms with Gasteiger partial charge in [0, 0.05) is 23.4 Å². The average Bonchev–Trinajstić information content (AvgIpc) is 3.45. The van der Waals surface area contributed by atoms with Gasteiger partial charge < -0.3 is 14.7 Å². The molecule has 0 bridgehead atoms. The van der Waals surface area contributed by atoms with Crippen molar-refractivity contribution < 1.29 is 19.5 Å². The number of allylic oxidation sites excluding steroid dienone is 1. The van der Waals surface area contributed by atoms with Crippen molar-refractivity contribution >= 4 is 12.0 Å². The lowest BCUT2D eigenvalue weighted by Gasteiger charge is -2.60. The second-order valence-electron chi connectivity index (χ2n) is 10.7. The van der Waals surface area contributed by atoms with Gasteiger partial charge in [0.25, 0.3) is 5.91 Å². The number of nitrogens with zero attached hydrogens (tertiary/aromatic N) is 3. The number of fused-ring (bicyclic) bond motifs is 6. The number of rotatable bonds is 1. The lowest BCUT2D eigenvalue weighted by Crippen LogP contribution is -2.62. The fourth-order valence-electron chi connectivity index (χ4n) is 7.97. The zero-order chi connectivity index (χ0) is 21.6. The minimum absolute atomic E-state index is 0.0966. The van der Waals surface area contributed by atoms with E-state index in [1.54, 1.807) is 18.6 Å². The Hall–Kier alpha value is -2.25. The largest absolute Gasteiger partial charge is 0.393 e. The van der Waals surface area contributed by atoms with Crippen LogP contribution in [0.4, 0.5) is 0 Å². The van der Waals surface area contributed by atoms with E-state index in [-0.39, 0.29) is 29.1 Å². The maximum Gasteiger partial charge on any atom is 0.264 e. The Morgan fingerprint density at radius 1 is 1.32 bits per heavy atom. The van der Waals surface area contributed by atoms with Crippen LogP contribution in [0.15, 0.2) is 35.0 Å². The van der Waals surface area contributed by atoms with Crippen LogP contribution in [-0.2, 0) is 6.42 Å². The van der Waals surface area contributed by atoms with Crippen molar-refractivity contribution in [2.24, 2.45) is 28.6 Å². The Morgan fingerprint density at radius 2 is 2.16 bits per heavy atom. The molecule has 2 heterocycles. The molecule has 7 heteroatoms. The van der Waals surface area contributed by atoms with Gasteiger partial charge in [-0.05, 0) is 67.8 Å². The smallest absolute Gasteiger partial charge is 0.264 e. The molecule has 4 aliphatic rings. The van der Waals surface area contributed by atoms with Gasteiger partial charge in [-0.1, -0.05) is 24.6 Å². The van der Waals surface area contributed by atoms with E-state index in [0.717, 1.165) is 37.0 Å². The van der Waals surface area contributed by atoms with Gasteiger partial charge in [-0.15, -0.1) is 0 Å². The first-order valence-corrected chi connectivity index (χ1v) is 11.4. The van der Waals surface area contributed by atoms with Crippen molar-refractivity contribution in [2.75, 3.05) is 0 Å². The molecule has 0 aliphatic heterocycles. The van der Waals surface area contributed by atoms with Crippen LogP contribution in [0.2, 0.25) is 0 Å². The van der Waals surface area contributed by atoms with Gasteiger partial charge >= 0.3 is 0 Å². The molecular weight excluding hydrogens is 394 g/mol. The van der Waals surface area contributed by atoms with E-state index in [1.807, 2.05) is 6.92 Å². The van der Waals surface area contributed by atoms with Crippen molar-refractivity contribution in [1.82, 2.24) is 14.7 Å². The predicted molar refractivity (Wildman–Crippen MR) is 112 cm³/mol. The third kappa shape index (κ3) is 2.34. The lowest BCUT2D eigenvalue weighted by atomic mass is 9.45. The molecule has 0 saturated heterocycles. The summed E-state index contributed by atoms with van der Waals surface area (Å²) in [6.07, 6.45) is 12.3. The van der Waals surface area contributed by atoms with Crippen molar-refractivity contribution in [2.45, 2.75) is 64.1 Å². The van der Waals surface area contributed by atoms with Gasteiger partial charge in [0.1, 0.15) is 11.9 Å². The summed E-state index contributed by atoms with van der Waals surface area (Å²) in [5.41, 5.74) is 0.130. The maximum absolute atomic E-state index is 13.3. The Bertz CT molecular complexity index is 1070. The molecule has 164 valence electrons. The molecule has 7 atom stereocenters. The summed E-state index contributed by atoms with van der Waals surface area (Å²) in [4.78, 5) is 17.3. The van der Waals surface area contributed by atoms with Gasteiger partial charge in [-0.3, -0.25) is 9.36 Å². The lowest BCUT2D eigenvalue weighted by molar-refractivity contribution is -0.156. The number of hydrogen-bond acceptors (Lipinski definition) is 6. The highest BCUT2D eigenvalue weighted by Gasteiger charge is 2.68. The standard InChI is InChI=1S/C24H29N3O4/c1-22-10-14-12-26-31-19(14)9-15(22)3-4-16-17-5-6-24(30,21(29)27-8-7-25-13-27)23(17,2)11-18(28)20(16)22/h7-9,12-13,16-18,20,28,30H,3-6,10-11H2,1-2H3/t16?,17?,18-,20?,22-,23-,24-/m0/s1. The summed E-state index contributed by atoms with van der Waals surface area (Å²) in [7, 11) is 0. The minimum Gasteiger partial charge on any atom is -0.393 e. The molecule has 0 spiro atoms. The number of carbonyl (C=O) groups is 1. The first kappa shape index (κ1) is 19.4. The predicted octanol–water partition coefficient (Wildman–Crippen LogP) is 3.10. The van der Waals surface area contributed by atoms with Crippen LogP contribution in [0.1, 0.15) is 62.1 Å². The normalized spacial score (nSPS) is 43.4. The number of aliphatic hydroxyl groups is 2. The summed E-state index contributed by atoms with van der Waals surface area (Å²) < 4.78 is 6.81. The van der Waals surface area contributed by atoms with Crippen LogP contribution in [0.3, 0.4) is 0 Å². The third-order valence-electron chi connectivity index (χ3n) is 9.45. The number of hydrogen-bond donors (Lipinski definition) is 2. The van der Waals surface area contributed by atoms with E-state index in [9.17, 15) is 15.0 Å². The van der Waals surface area contributed by atoms with E-state index in [1.165, 1.54) is 16.5 Å². The monoisotopic (exact) mass is 423 g/mol. The first-order chi connectivity index (χ1) is 14.8. The summed E-state index contributed by atoms with van der Waals surface area (Å²) >= 11 is 0. The molecular formula is C24H29N3O4. The minimum atomic E-state index is -1.49. The average molecular weight is 424 g/mol. The van der Waals surface area contributed by atoms with E-state index < -0.39 is 17.1 Å². The molecule has 3 saturated carbocycles. The molecule has 2 N–H and O–H groups in total. The second kappa shape index (κ2) is 6.17. The highest BCUT2D eigenvalue weighted by atomic mass is 16.5. The molecule has 0 radical (unpaired) electrons. The molecule has 0 aromatic carbocycles. The SMILES string of the molecule is C[C@]12Cc3cnoc3C=C1CCC1C2[C@@H](O)C[C@@]2(C)C1CC[C@]2(O)C(=O)n1ccnc1. The van der Waals surface area contributed by atoms with Crippen LogP contribution < -0.4 is 0 Å². The molecule has 2 aromatic heterocycles. The van der Waals surface area contributed by atoms with Crippen molar-refractivity contribution in [1.29, 1.82) is 0 Å². The highest BCUT2D eigenvalue weighted by molar-refractivity contribution is 5.88. The molecule has 3 fully saturated rings. The van der Waals surface area contributed by atoms with Gasteiger partial charge in [0.2, 0.25) is 0 Å². The van der Waals surface area contributed by atoms with Crippen molar-refractivity contribution in [3.8, 4) is 0 Å². The fraction of sp³-hybridized carbons (Fsp3) is 0.625. The van der Waals surface area contributed by atoms with Gasteiger partial charge in [0.15, 0.2) is 5.76 Å². The first-order valence-electron chi connectivity index (χ1n) is 11.4. The summed E-state index contributed by atoms with van der Waals surface area (Å²) in [5, 5.41) is 27.3. The van der Waals surface area contributed by atoms with Gasteiger partial charge in [0.05, 0.1) is 12.3 Å². The van der Waals surface area contributed by atoms with Gasteiger partial charge in [-0.25, -0.2) is 4.98 Å². The molecule has 4 aliphatic carbocycles. The van der Waals surface area contributed by atoms with Gasteiger partial charge in [-0.2, -0.15) is 0 Å². The summed E-state index contributed by atoms with van der Waals surface area (Å²) in [5.74, 6) is 1.08.